The Hall–Kier alpha value is -3.02. The molecule has 0 bridgehead atoms. The van der Waals surface area contributed by atoms with Gasteiger partial charge in [0.2, 0.25) is 11.5 Å². The molecule has 3 rings (SSSR count). The van der Waals surface area contributed by atoms with Crippen LogP contribution in [0.25, 0.3) is 0 Å². The van der Waals surface area contributed by atoms with Crippen molar-refractivity contribution in [3.63, 3.8) is 0 Å². The molecular weight excluding hydrogens is 288 g/mol. The second-order valence-corrected chi connectivity index (χ2v) is 5.06. The van der Waals surface area contributed by atoms with Gasteiger partial charge in [-0.15, -0.1) is 0 Å². The zero-order valence-corrected chi connectivity index (χ0v) is 11.8. The number of phenols is 3. The fourth-order valence-electron chi connectivity index (χ4n) is 2.69. The number of phenolic OH excluding ortho intramolecular Hbond substituents is 3. The fourth-order valence-corrected chi connectivity index (χ4v) is 2.69. The molecular formula is C16H12O6. The zero-order chi connectivity index (χ0) is 16.2. The summed E-state index contributed by atoms with van der Waals surface area (Å²) >= 11 is 0. The van der Waals surface area contributed by atoms with Crippen LogP contribution in [0.3, 0.4) is 0 Å². The minimum atomic E-state index is -0.644. The van der Waals surface area contributed by atoms with Crippen molar-refractivity contribution in [1.82, 2.24) is 0 Å². The number of aryl methyl sites for hydroxylation is 1. The number of hydrogen-bond acceptors (Lipinski definition) is 6. The van der Waals surface area contributed by atoms with Crippen molar-refractivity contribution in [2.24, 2.45) is 0 Å². The molecule has 1 aliphatic carbocycles. The van der Waals surface area contributed by atoms with Crippen LogP contribution >= 0.6 is 0 Å². The Bertz CT molecular complexity index is 850. The number of ether oxygens (including phenoxy) is 1. The molecule has 0 heterocycles. The lowest BCUT2D eigenvalue weighted by Gasteiger charge is -2.21. The highest BCUT2D eigenvalue weighted by molar-refractivity contribution is 6.30. The maximum absolute atomic E-state index is 12.6. The summed E-state index contributed by atoms with van der Waals surface area (Å²) in [6.45, 7) is 1.68. The summed E-state index contributed by atoms with van der Waals surface area (Å²) in [6, 6.07) is 3.89. The van der Waals surface area contributed by atoms with Gasteiger partial charge in [-0.1, -0.05) is 0 Å². The third-order valence-corrected chi connectivity index (χ3v) is 3.64. The number of ketones is 2. The van der Waals surface area contributed by atoms with Crippen molar-refractivity contribution >= 4 is 11.6 Å². The van der Waals surface area contributed by atoms with Gasteiger partial charge in [-0.25, -0.2) is 0 Å². The van der Waals surface area contributed by atoms with Gasteiger partial charge in [-0.05, 0) is 30.7 Å². The molecule has 22 heavy (non-hydrogen) atoms. The molecule has 0 radical (unpaired) electrons. The van der Waals surface area contributed by atoms with E-state index in [0.29, 0.717) is 5.56 Å². The Kier molecular flexibility index (Phi) is 2.84. The van der Waals surface area contributed by atoms with Gasteiger partial charge in [0, 0.05) is 11.1 Å². The van der Waals surface area contributed by atoms with Gasteiger partial charge in [0.25, 0.3) is 0 Å². The van der Waals surface area contributed by atoms with Crippen LogP contribution in [0.15, 0.2) is 18.2 Å². The molecule has 0 atom stereocenters. The summed E-state index contributed by atoms with van der Waals surface area (Å²) in [6.07, 6.45) is 0. The van der Waals surface area contributed by atoms with E-state index >= 15 is 0 Å². The maximum Gasteiger partial charge on any atom is 0.202 e. The van der Waals surface area contributed by atoms with Crippen LogP contribution in [0.5, 0.6) is 23.0 Å². The first-order valence-corrected chi connectivity index (χ1v) is 6.42. The summed E-state index contributed by atoms with van der Waals surface area (Å²) in [5.41, 5.74) is 0.300. The molecule has 0 fully saturated rings. The topological polar surface area (TPSA) is 104 Å². The largest absolute Gasteiger partial charge is 0.507 e. The van der Waals surface area contributed by atoms with E-state index in [1.807, 2.05) is 0 Å². The van der Waals surface area contributed by atoms with Crippen molar-refractivity contribution in [2.75, 3.05) is 7.11 Å². The lowest BCUT2D eigenvalue weighted by atomic mass is 9.82. The monoisotopic (exact) mass is 300 g/mol. The number of methoxy groups -OCH3 is 1. The van der Waals surface area contributed by atoms with Crippen molar-refractivity contribution in [2.45, 2.75) is 6.92 Å². The zero-order valence-electron chi connectivity index (χ0n) is 11.8. The molecule has 0 saturated heterocycles. The second-order valence-electron chi connectivity index (χ2n) is 5.06. The summed E-state index contributed by atoms with van der Waals surface area (Å²) in [4.78, 5) is 25.2. The van der Waals surface area contributed by atoms with E-state index < -0.39 is 23.1 Å². The van der Waals surface area contributed by atoms with Crippen molar-refractivity contribution in [3.8, 4) is 23.0 Å². The Morgan fingerprint density at radius 2 is 1.50 bits per heavy atom. The van der Waals surface area contributed by atoms with Crippen LogP contribution in [0.1, 0.15) is 37.4 Å². The molecule has 0 aromatic heterocycles. The molecule has 0 amide bonds. The van der Waals surface area contributed by atoms with Crippen molar-refractivity contribution in [3.05, 3.63) is 46.0 Å². The highest BCUT2D eigenvalue weighted by Crippen LogP contribution is 2.45. The minimum absolute atomic E-state index is 0.0575. The van der Waals surface area contributed by atoms with Crippen LogP contribution in [0, 0.1) is 6.92 Å². The summed E-state index contributed by atoms with van der Waals surface area (Å²) in [7, 11) is 1.21. The van der Waals surface area contributed by atoms with Crippen LogP contribution in [0.4, 0.5) is 0 Å². The number of rotatable bonds is 1. The predicted octanol–water partition coefficient (Wildman–Crippen LogP) is 1.90. The highest BCUT2D eigenvalue weighted by Gasteiger charge is 2.37. The van der Waals surface area contributed by atoms with Gasteiger partial charge in [0.1, 0.15) is 5.75 Å². The van der Waals surface area contributed by atoms with Crippen LogP contribution < -0.4 is 4.74 Å². The molecule has 112 valence electrons. The lowest BCUT2D eigenvalue weighted by molar-refractivity contribution is 0.0973. The first-order valence-electron chi connectivity index (χ1n) is 6.42. The lowest BCUT2D eigenvalue weighted by Crippen LogP contribution is -2.22. The van der Waals surface area contributed by atoms with E-state index in [-0.39, 0.29) is 33.8 Å². The average Bonchev–Trinajstić information content (AvgIpc) is 2.46. The Morgan fingerprint density at radius 1 is 0.864 bits per heavy atom. The van der Waals surface area contributed by atoms with E-state index in [1.54, 1.807) is 6.92 Å². The van der Waals surface area contributed by atoms with E-state index in [2.05, 4.69) is 0 Å². The molecule has 1 aliphatic rings. The van der Waals surface area contributed by atoms with Gasteiger partial charge in [0.15, 0.2) is 17.3 Å². The molecule has 2 aromatic carbocycles. The third kappa shape index (κ3) is 1.67. The van der Waals surface area contributed by atoms with Gasteiger partial charge in [-0.2, -0.15) is 0 Å². The Labute approximate surface area is 125 Å². The second kappa shape index (κ2) is 4.49. The molecule has 0 aliphatic heterocycles. The number of hydrogen-bond donors (Lipinski definition) is 3. The standard InChI is InChI=1S/C16H12O6/c1-6-3-7-11(9(17)4-6)15(21)12-8(13(7)19)5-10(18)14(20)16(12)22-2/h3-5,17-18,20H,1-2H3. The predicted molar refractivity (Wildman–Crippen MR) is 76.0 cm³/mol. The van der Waals surface area contributed by atoms with E-state index in [1.165, 1.54) is 19.2 Å². The Balaban J connectivity index is 2.41. The number of carbonyl (C=O) groups is 2. The average molecular weight is 300 g/mol. The van der Waals surface area contributed by atoms with E-state index in [9.17, 15) is 24.9 Å². The third-order valence-electron chi connectivity index (χ3n) is 3.64. The van der Waals surface area contributed by atoms with E-state index in [0.717, 1.165) is 6.07 Å². The first kappa shape index (κ1) is 13.9. The number of fused-ring (bicyclic) bond motifs is 2. The highest BCUT2D eigenvalue weighted by atomic mass is 16.5. The van der Waals surface area contributed by atoms with Crippen molar-refractivity contribution < 1.29 is 29.6 Å². The Morgan fingerprint density at radius 3 is 2.14 bits per heavy atom. The van der Waals surface area contributed by atoms with Gasteiger partial charge < -0.3 is 20.1 Å². The molecule has 0 spiro atoms. The van der Waals surface area contributed by atoms with Gasteiger partial charge in [0.05, 0.1) is 18.2 Å². The van der Waals surface area contributed by atoms with Crippen LogP contribution in [-0.2, 0) is 0 Å². The first-order chi connectivity index (χ1) is 10.4. The molecule has 0 unspecified atom stereocenters. The number of aromatic hydroxyl groups is 3. The van der Waals surface area contributed by atoms with Crippen LogP contribution in [0.2, 0.25) is 0 Å². The maximum atomic E-state index is 12.6. The molecule has 3 N–H and O–H groups in total. The summed E-state index contributed by atoms with van der Waals surface area (Å²) in [5, 5.41) is 29.5. The quantitative estimate of drug-likeness (QED) is 0.593. The summed E-state index contributed by atoms with van der Waals surface area (Å²) < 4.78 is 4.96. The van der Waals surface area contributed by atoms with E-state index in [4.69, 9.17) is 4.74 Å². The van der Waals surface area contributed by atoms with Gasteiger partial charge in [-0.3, -0.25) is 9.59 Å². The van der Waals surface area contributed by atoms with Crippen LogP contribution in [-0.4, -0.2) is 34.0 Å². The minimum Gasteiger partial charge on any atom is -0.507 e. The molecule has 6 nitrogen and oxygen atoms in total. The fraction of sp³-hybridized carbons (Fsp3) is 0.125. The van der Waals surface area contributed by atoms with Crippen molar-refractivity contribution in [1.29, 1.82) is 0 Å². The number of benzene rings is 2. The number of carbonyl (C=O) groups excluding carboxylic acids is 2. The normalized spacial score (nSPS) is 12.8. The van der Waals surface area contributed by atoms with Gasteiger partial charge >= 0.3 is 0 Å². The SMILES string of the molecule is COc1c(O)c(O)cc2c1C(=O)c1c(O)cc(C)cc1C2=O. The smallest absolute Gasteiger partial charge is 0.202 e. The molecule has 0 saturated carbocycles. The molecule has 6 heteroatoms. The molecule has 2 aromatic rings. The summed E-state index contributed by atoms with van der Waals surface area (Å²) in [5.74, 6) is -2.96.